The van der Waals surface area contributed by atoms with Crippen molar-refractivity contribution < 1.29 is 4.79 Å². The van der Waals surface area contributed by atoms with Crippen molar-refractivity contribution in [1.82, 2.24) is 15.5 Å². The van der Waals surface area contributed by atoms with Gasteiger partial charge in [0.05, 0.1) is 12.2 Å². The minimum Gasteiger partial charge on any atom is -0.350 e. The van der Waals surface area contributed by atoms with Crippen molar-refractivity contribution >= 4 is 5.91 Å². The first-order chi connectivity index (χ1) is 6.74. The van der Waals surface area contributed by atoms with E-state index in [-0.39, 0.29) is 11.8 Å². The van der Waals surface area contributed by atoms with E-state index in [4.69, 9.17) is 5.73 Å². The van der Waals surface area contributed by atoms with E-state index < -0.39 is 0 Å². The molecule has 1 rings (SSSR count). The molecule has 0 aliphatic heterocycles. The molecule has 0 aliphatic carbocycles. The summed E-state index contributed by atoms with van der Waals surface area (Å²) in [5, 5.41) is 9.36. The van der Waals surface area contributed by atoms with Gasteiger partial charge in [-0.3, -0.25) is 9.89 Å². The summed E-state index contributed by atoms with van der Waals surface area (Å²) >= 11 is 0. The molecule has 0 spiro atoms. The first kappa shape index (κ1) is 10.7. The lowest BCUT2D eigenvalue weighted by Crippen LogP contribution is -2.30. The lowest BCUT2D eigenvalue weighted by atomic mass is 10.1. The van der Waals surface area contributed by atoms with Crippen molar-refractivity contribution in [3.8, 4) is 0 Å². The Balaban J connectivity index is 2.27. The van der Waals surface area contributed by atoms with Crippen LogP contribution in [0.5, 0.6) is 0 Å². The molecule has 0 aliphatic rings. The Bertz CT molecular complexity index is 270. The Hall–Kier alpha value is -1.36. The maximum Gasteiger partial charge on any atom is 0.223 e. The van der Waals surface area contributed by atoms with Gasteiger partial charge in [-0.2, -0.15) is 5.10 Å². The number of hydrogen-bond acceptors (Lipinski definition) is 3. The molecule has 0 saturated carbocycles. The van der Waals surface area contributed by atoms with Gasteiger partial charge < -0.3 is 11.1 Å². The summed E-state index contributed by atoms with van der Waals surface area (Å²) in [7, 11) is 0. The van der Waals surface area contributed by atoms with E-state index in [1.54, 1.807) is 6.20 Å². The van der Waals surface area contributed by atoms with Crippen LogP contribution in [-0.4, -0.2) is 22.6 Å². The number of hydrogen-bond donors (Lipinski definition) is 3. The van der Waals surface area contributed by atoms with Crippen molar-refractivity contribution in [2.24, 2.45) is 11.7 Å². The highest BCUT2D eigenvalue weighted by molar-refractivity contribution is 5.78. The largest absolute Gasteiger partial charge is 0.350 e. The highest BCUT2D eigenvalue weighted by Crippen LogP contribution is 2.00. The molecule has 78 valence electrons. The van der Waals surface area contributed by atoms with Gasteiger partial charge in [-0.15, -0.1) is 0 Å². The van der Waals surface area contributed by atoms with Gasteiger partial charge in [-0.25, -0.2) is 0 Å². The standard InChI is InChI=1S/C9H16N4O/c1-7(2-4-10)9(14)11-6-8-3-5-12-13-8/h3,5,7H,2,4,6,10H2,1H3,(H,11,14)(H,12,13). The number of nitrogens with zero attached hydrogens (tertiary/aromatic N) is 1. The quantitative estimate of drug-likeness (QED) is 0.620. The van der Waals surface area contributed by atoms with Crippen LogP contribution in [0.3, 0.4) is 0 Å². The lowest BCUT2D eigenvalue weighted by molar-refractivity contribution is -0.124. The summed E-state index contributed by atoms with van der Waals surface area (Å²) in [5.74, 6) is 0.00738. The second-order valence-electron chi connectivity index (χ2n) is 3.28. The number of aromatic amines is 1. The van der Waals surface area contributed by atoms with Gasteiger partial charge in [0.2, 0.25) is 5.91 Å². The van der Waals surface area contributed by atoms with Gasteiger partial charge in [-0.05, 0) is 19.0 Å². The van der Waals surface area contributed by atoms with Gasteiger partial charge in [-0.1, -0.05) is 6.92 Å². The third kappa shape index (κ3) is 3.18. The Morgan fingerprint density at radius 3 is 3.14 bits per heavy atom. The molecule has 5 heteroatoms. The van der Waals surface area contributed by atoms with Crippen LogP contribution in [0.2, 0.25) is 0 Å². The fraction of sp³-hybridized carbons (Fsp3) is 0.556. The molecule has 0 saturated heterocycles. The van der Waals surface area contributed by atoms with Crippen LogP contribution in [0.25, 0.3) is 0 Å². The van der Waals surface area contributed by atoms with Crippen molar-refractivity contribution in [3.63, 3.8) is 0 Å². The molecule has 0 fully saturated rings. The van der Waals surface area contributed by atoms with Crippen LogP contribution < -0.4 is 11.1 Å². The van der Waals surface area contributed by atoms with Crippen molar-refractivity contribution in [3.05, 3.63) is 18.0 Å². The Morgan fingerprint density at radius 1 is 1.79 bits per heavy atom. The predicted octanol–water partition coefficient (Wildman–Crippen LogP) is 0.0108. The zero-order valence-electron chi connectivity index (χ0n) is 8.29. The molecule has 14 heavy (non-hydrogen) atoms. The third-order valence-electron chi connectivity index (χ3n) is 2.06. The van der Waals surface area contributed by atoms with E-state index in [0.717, 1.165) is 12.1 Å². The van der Waals surface area contributed by atoms with Crippen LogP contribution in [0, 0.1) is 5.92 Å². The number of rotatable bonds is 5. The normalized spacial score (nSPS) is 12.4. The number of nitrogens with two attached hydrogens (primary N) is 1. The predicted molar refractivity (Wildman–Crippen MR) is 53.3 cm³/mol. The van der Waals surface area contributed by atoms with Gasteiger partial charge in [0.1, 0.15) is 0 Å². The Kier molecular flexibility index (Phi) is 4.12. The molecule has 0 aromatic carbocycles. The molecular weight excluding hydrogens is 180 g/mol. The Labute approximate surface area is 83.1 Å². The molecule has 1 unspecified atom stereocenters. The second kappa shape index (κ2) is 5.39. The summed E-state index contributed by atoms with van der Waals surface area (Å²) in [6.45, 7) is 2.90. The fourth-order valence-corrected chi connectivity index (χ4v) is 1.12. The summed E-state index contributed by atoms with van der Waals surface area (Å²) < 4.78 is 0. The number of carbonyl (C=O) groups is 1. The van der Waals surface area contributed by atoms with Crippen LogP contribution >= 0.6 is 0 Å². The zero-order chi connectivity index (χ0) is 10.4. The van der Waals surface area contributed by atoms with Gasteiger partial charge in [0.25, 0.3) is 0 Å². The number of nitrogens with one attached hydrogen (secondary N) is 2. The molecule has 1 aromatic rings. The van der Waals surface area contributed by atoms with Crippen LogP contribution in [0.1, 0.15) is 19.0 Å². The first-order valence-electron chi connectivity index (χ1n) is 4.70. The number of H-pyrrole nitrogens is 1. The molecule has 1 atom stereocenters. The topological polar surface area (TPSA) is 83.8 Å². The fourth-order valence-electron chi connectivity index (χ4n) is 1.12. The summed E-state index contributed by atoms with van der Waals surface area (Å²) in [4.78, 5) is 11.4. The maximum atomic E-state index is 11.4. The second-order valence-corrected chi connectivity index (χ2v) is 3.28. The SMILES string of the molecule is CC(CCN)C(=O)NCc1ccn[nH]1. The van der Waals surface area contributed by atoms with E-state index in [1.807, 2.05) is 13.0 Å². The lowest BCUT2D eigenvalue weighted by Gasteiger charge is -2.09. The minimum absolute atomic E-state index is 0.0251. The van der Waals surface area contributed by atoms with Crippen LogP contribution in [0.4, 0.5) is 0 Å². The Morgan fingerprint density at radius 2 is 2.57 bits per heavy atom. The molecule has 1 amide bonds. The molecule has 4 N–H and O–H groups in total. The molecule has 1 heterocycles. The maximum absolute atomic E-state index is 11.4. The summed E-state index contributed by atoms with van der Waals surface area (Å²) in [6.07, 6.45) is 2.37. The highest BCUT2D eigenvalue weighted by atomic mass is 16.1. The van der Waals surface area contributed by atoms with E-state index in [2.05, 4.69) is 15.5 Å². The van der Waals surface area contributed by atoms with E-state index in [0.29, 0.717) is 13.1 Å². The van der Waals surface area contributed by atoms with Crippen molar-refractivity contribution in [2.45, 2.75) is 19.9 Å². The molecule has 1 aromatic heterocycles. The number of carbonyl (C=O) groups excluding carboxylic acids is 1. The highest BCUT2D eigenvalue weighted by Gasteiger charge is 2.10. The summed E-state index contributed by atoms with van der Waals surface area (Å²) in [5.41, 5.74) is 6.26. The molecule has 0 radical (unpaired) electrons. The molecular formula is C9H16N4O. The average Bonchev–Trinajstić information content (AvgIpc) is 2.67. The van der Waals surface area contributed by atoms with Gasteiger partial charge >= 0.3 is 0 Å². The smallest absolute Gasteiger partial charge is 0.223 e. The van der Waals surface area contributed by atoms with Crippen LogP contribution in [0.15, 0.2) is 12.3 Å². The number of amides is 1. The van der Waals surface area contributed by atoms with E-state index >= 15 is 0 Å². The first-order valence-corrected chi connectivity index (χ1v) is 4.70. The van der Waals surface area contributed by atoms with E-state index in [9.17, 15) is 4.79 Å². The molecule has 5 nitrogen and oxygen atoms in total. The minimum atomic E-state index is -0.0251. The average molecular weight is 196 g/mol. The van der Waals surface area contributed by atoms with Crippen LogP contribution in [-0.2, 0) is 11.3 Å². The van der Waals surface area contributed by atoms with Gasteiger partial charge in [0, 0.05) is 12.1 Å². The third-order valence-corrected chi connectivity index (χ3v) is 2.06. The van der Waals surface area contributed by atoms with E-state index in [1.165, 1.54) is 0 Å². The zero-order valence-corrected chi connectivity index (χ0v) is 8.29. The molecule has 0 bridgehead atoms. The monoisotopic (exact) mass is 196 g/mol. The van der Waals surface area contributed by atoms with Crippen molar-refractivity contribution in [1.29, 1.82) is 0 Å². The van der Waals surface area contributed by atoms with Gasteiger partial charge in [0.15, 0.2) is 0 Å². The summed E-state index contributed by atoms with van der Waals surface area (Å²) in [6, 6.07) is 1.83. The number of aromatic nitrogens is 2. The van der Waals surface area contributed by atoms with Crippen molar-refractivity contribution in [2.75, 3.05) is 6.54 Å².